The highest BCUT2D eigenvalue weighted by Gasteiger charge is 2.14. The first kappa shape index (κ1) is 9.70. The molecular formula is C8H10O3. The van der Waals surface area contributed by atoms with Gasteiger partial charge >= 0.3 is 5.97 Å². The summed E-state index contributed by atoms with van der Waals surface area (Å²) in [6, 6.07) is 0. The van der Waals surface area contributed by atoms with Gasteiger partial charge in [-0.1, -0.05) is 0 Å². The number of rotatable bonds is 5. The maximum absolute atomic E-state index is 10.2. The molecule has 0 aliphatic heterocycles. The van der Waals surface area contributed by atoms with Crippen LogP contribution in [0.2, 0.25) is 0 Å². The Morgan fingerprint density at radius 2 is 2.36 bits per heavy atom. The minimum absolute atomic E-state index is 0.336. The van der Waals surface area contributed by atoms with Crippen molar-refractivity contribution in [1.82, 2.24) is 0 Å². The summed E-state index contributed by atoms with van der Waals surface area (Å²) >= 11 is 0. The van der Waals surface area contributed by atoms with E-state index in [1.165, 1.54) is 0 Å². The number of carbonyl (C=O) groups excluding carboxylic acids is 1. The lowest BCUT2D eigenvalue weighted by atomic mass is 10.0. The second-order valence-corrected chi connectivity index (χ2v) is 2.18. The number of hydrogen-bond donors (Lipinski definition) is 1. The highest BCUT2D eigenvalue weighted by atomic mass is 16.4. The SMILES string of the molecule is C#CCCC[C@H](C=O)C(=O)O. The molecule has 0 aliphatic rings. The summed E-state index contributed by atoms with van der Waals surface area (Å²) in [6.07, 6.45) is 6.84. The van der Waals surface area contributed by atoms with Crippen molar-refractivity contribution in [3.8, 4) is 12.3 Å². The van der Waals surface area contributed by atoms with Crippen LogP contribution in [0.15, 0.2) is 0 Å². The molecule has 60 valence electrons. The van der Waals surface area contributed by atoms with Gasteiger partial charge in [-0.3, -0.25) is 4.79 Å². The van der Waals surface area contributed by atoms with Gasteiger partial charge in [-0.05, 0) is 12.8 Å². The Bertz CT molecular complexity index is 178. The van der Waals surface area contributed by atoms with Crippen molar-refractivity contribution in [2.24, 2.45) is 5.92 Å². The smallest absolute Gasteiger partial charge is 0.313 e. The summed E-state index contributed by atoms with van der Waals surface area (Å²) in [7, 11) is 0. The first-order valence-electron chi connectivity index (χ1n) is 3.34. The molecule has 3 nitrogen and oxygen atoms in total. The molecule has 11 heavy (non-hydrogen) atoms. The molecule has 1 atom stereocenters. The number of carboxylic acids is 1. The van der Waals surface area contributed by atoms with E-state index in [0.717, 1.165) is 0 Å². The Hall–Kier alpha value is -1.30. The number of carboxylic acid groups (broad SMARTS) is 1. The fourth-order valence-corrected chi connectivity index (χ4v) is 0.674. The topological polar surface area (TPSA) is 54.4 Å². The lowest BCUT2D eigenvalue weighted by molar-refractivity contribution is -0.143. The van der Waals surface area contributed by atoms with Crippen LogP contribution in [0.25, 0.3) is 0 Å². The van der Waals surface area contributed by atoms with E-state index in [1.54, 1.807) is 0 Å². The van der Waals surface area contributed by atoms with Crippen molar-refractivity contribution in [3.63, 3.8) is 0 Å². The van der Waals surface area contributed by atoms with Gasteiger partial charge in [-0.2, -0.15) is 0 Å². The van der Waals surface area contributed by atoms with E-state index in [9.17, 15) is 9.59 Å². The summed E-state index contributed by atoms with van der Waals surface area (Å²) in [4.78, 5) is 20.4. The molecule has 3 heteroatoms. The van der Waals surface area contributed by atoms with E-state index >= 15 is 0 Å². The Morgan fingerprint density at radius 3 is 2.73 bits per heavy atom. The molecule has 0 radical (unpaired) electrons. The molecule has 1 N–H and O–H groups in total. The third kappa shape index (κ3) is 4.15. The van der Waals surface area contributed by atoms with Crippen LogP contribution >= 0.6 is 0 Å². The molecule has 0 bridgehead atoms. The molecule has 0 aliphatic carbocycles. The second kappa shape index (κ2) is 5.48. The number of aliphatic carboxylic acids is 1. The van der Waals surface area contributed by atoms with Gasteiger partial charge in [0.1, 0.15) is 12.2 Å². The van der Waals surface area contributed by atoms with Gasteiger partial charge < -0.3 is 9.90 Å². The molecule has 0 aromatic carbocycles. The van der Waals surface area contributed by atoms with Crippen LogP contribution in [0.5, 0.6) is 0 Å². The Labute approximate surface area is 65.4 Å². The molecule has 0 aromatic heterocycles. The number of hydrogen-bond acceptors (Lipinski definition) is 2. The first-order valence-corrected chi connectivity index (χ1v) is 3.34. The van der Waals surface area contributed by atoms with Gasteiger partial charge in [0.25, 0.3) is 0 Å². The third-order valence-electron chi connectivity index (χ3n) is 1.32. The fourth-order valence-electron chi connectivity index (χ4n) is 0.674. The quantitative estimate of drug-likeness (QED) is 0.274. The lowest BCUT2D eigenvalue weighted by Crippen LogP contribution is -2.14. The molecule has 0 heterocycles. The van der Waals surface area contributed by atoms with Crippen molar-refractivity contribution in [1.29, 1.82) is 0 Å². The van der Waals surface area contributed by atoms with Crippen LogP contribution in [-0.4, -0.2) is 17.4 Å². The predicted molar refractivity (Wildman–Crippen MR) is 39.9 cm³/mol. The summed E-state index contributed by atoms with van der Waals surface area (Å²) < 4.78 is 0. The fraction of sp³-hybridized carbons (Fsp3) is 0.500. The van der Waals surface area contributed by atoms with Crippen LogP contribution in [0.4, 0.5) is 0 Å². The molecular weight excluding hydrogens is 144 g/mol. The number of terminal acetylenes is 1. The standard InChI is InChI=1S/C8H10O3/c1-2-3-4-5-7(6-9)8(10)11/h1,6-7H,3-5H2,(H,10,11)/t7-/m1/s1. The third-order valence-corrected chi connectivity index (χ3v) is 1.32. The number of unbranched alkanes of at least 4 members (excludes halogenated alkanes) is 1. The Morgan fingerprint density at radius 1 is 1.73 bits per heavy atom. The molecule has 0 amide bonds. The van der Waals surface area contributed by atoms with Crippen LogP contribution in [0.3, 0.4) is 0 Å². The monoisotopic (exact) mass is 154 g/mol. The van der Waals surface area contributed by atoms with E-state index in [4.69, 9.17) is 11.5 Å². The molecule has 0 spiro atoms. The predicted octanol–water partition coefficient (Wildman–Crippen LogP) is 0.690. The molecule has 0 saturated heterocycles. The summed E-state index contributed by atoms with van der Waals surface area (Å²) in [6.45, 7) is 0. The second-order valence-electron chi connectivity index (χ2n) is 2.18. The van der Waals surface area contributed by atoms with Crippen LogP contribution in [0, 0.1) is 18.3 Å². The van der Waals surface area contributed by atoms with E-state index < -0.39 is 11.9 Å². The van der Waals surface area contributed by atoms with E-state index in [1.807, 2.05) is 0 Å². The van der Waals surface area contributed by atoms with Crippen molar-refractivity contribution in [2.75, 3.05) is 0 Å². The van der Waals surface area contributed by atoms with Crippen molar-refractivity contribution >= 4 is 12.3 Å². The maximum Gasteiger partial charge on any atom is 0.313 e. The highest BCUT2D eigenvalue weighted by Crippen LogP contribution is 2.05. The van der Waals surface area contributed by atoms with Gasteiger partial charge in [0, 0.05) is 6.42 Å². The summed E-state index contributed by atoms with van der Waals surface area (Å²) in [5.74, 6) is 0.419. The molecule has 0 rings (SSSR count). The van der Waals surface area contributed by atoms with Crippen molar-refractivity contribution in [2.45, 2.75) is 19.3 Å². The zero-order valence-corrected chi connectivity index (χ0v) is 6.12. The van der Waals surface area contributed by atoms with Crippen LogP contribution < -0.4 is 0 Å². The minimum atomic E-state index is -1.07. The average Bonchev–Trinajstić information content (AvgIpc) is 1.97. The van der Waals surface area contributed by atoms with Crippen LogP contribution in [-0.2, 0) is 9.59 Å². The van der Waals surface area contributed by atoms with Gasteiger partial charge in [-0.25, -0.2) is 0 Å². The van der Waals surface area contributed by atoms with E-state index in [-0.39, 0.29) is 0 Å². The zero-order valence-electron chi connectivity index (χ0n) is 6.12. The lowest BCUT2D eigenvalue weighted by Gasteiger charge is -2.00. The highest BCUT2D eigenvalue weighted by molar-refractivity contribution is 5.86. The minimum Gasteiger partial charge on any atom is -0.481 e. The largest absolute Gasteiger partial charge is 0.481 e. The van der Waals surface area contributed by atoms with Crippen LogP contribution in [0.1, 0.15) is 19.3 Å². The average molecular weight is 154 g/mol. The normalized spacial score (nSPS) is 11.5. The molecule has 0 fully saturated rings. The summed E-state index contributed by atoms with van der Waals surface area (Å²) in [5.41, 5.74) is 0. The van der Waals surface area contributed by atoms with Crippen molar-refractivity contribution in [3.05, 3.63) is 0 Å². The van der Waals surface area contributed by atoms with Gasteiger partial charge in [0.15, 0.2) is 0 Å². The Balaban J connectivity index is 3.63. The number of aldehydes is 1. The van der Waals surface area contributed by atoms with Gasteiger partial charge in [0.05, 0.1) is 0 Å². The molecule has 0 unspecified atom stereocenters. The van der Waals surface area contributed by atoms with Gasteiger partial charge in [0.2, 0.25) is 0 Å². The van der Waals surface area contributed by atoms with Gasteiger partial charge in [-0.15, -0.1) is 12.3 Å². The maximum atomic E-state index is 10.2. The molecule has 0 aromatic rings. The number of carbonyl (C=O) groups is 2. The van der Waals surface area contributed by atoms with E-state index in [2.05, 4.69) is 5.92 Å². The van der Waals surface area contributed by atoms with Crippen molar-refractivity contribution < 1.29 is 14.7 Å². The molecule has 0 saturated carbocycles. The zero-order chi connectivity index (χ0) is 8.69. The summed E-state index contributed by atoms with van der Waals surface area (Å²) in [5, 5.41) is 8.39. The Kier molecular flexibility index (Phi) is 4.83. The first-order chi connectivity index (χ1) is 5.22. The van der Waals surface area contributed by atoms with E-state index in [0.29, 0.717) is 25.5 Å².